The van der Waals surface area contributed by atoms with Gasteiger partial charge >= 0.3 is 0 Å². The van der Waals surface area contributed by atoms with Gasteiger partial charge in [0.25, 0.3) is 0 Å². The third kappa shape index (κ3) is 2.29. The van der Waals surface area contributed by atoms with E-state index in [9.17, 15) is 0 Å². The number of hydrogen-bond acceptors (Lipinski definition) is 3. The molecule has 0 aliphatic rings. The molecule has 0 radical (unpaired) electrons. The van der Waals surface area contributed by atoms with Crippen LogP contribution in [0.25, 0.3) is 0 Å². The summed E-state index contributed by atoms with van der Waals surface area (Å²) in [5.41, 5.74) is 0. The normalized spacial score (nSPS) is 12.1. The van der Waals surface area contributed by atoms with Crippen molar-refractivity contribution < 1.29 is 14.9 Å². The van der Waals surface area contributed by atoms with Crippen molar-refractivity contribution in [1.82, 2.24) is 0 Å². The van der Waals surface area contributed by atoms with Gasteiger partial charge in [0.1, 0.15) is 11.5 Å². The van der Waals surface area contributed by atoms with Crippen molar-refractivity contribution in [3.05, 3.63) is 36.9 Å². The second kappa shape index (κ2) is 3.78. The van der Waals surface area contributed by atoms with E-state index in [1.165, 1.54) is 18.2 Å². The van der Waals surface area contributed by atoms with Gasteiger partial charge in [-0.25, -0.2) is 0 Å². The number of hydrogen-bond donors (Lipinski definition) is 2. The van der Waals surface area contributed by atoms with Crippen molar-refractivity contribution in [2.24, 2.45) is 0 Å². The standard InChI is InChI=1S/C9H10O3/c1-2-9(11)12-8-5-3-7(10)4-6-8/h2-6,9-11H,1H2. The zero-order valence-electron chi connectivity index (χ0n) is 6.47. The van der Waals surface area contributed by atoms with E-state index < -0.39 is 6.29 Å². The number of rotatable bonds is 3. The predicted molar refractivity (Wildman–Crippen MR) is 44.9 cm³/mol. The maximum Gasteiger partial charge on any atom is 0.216 e. The predicted octanol–water partition coefficient (Wildman–Crippen LogP) is 1.28. The van der Waals surface area contributed by atoms with Crippen LogP contribution in [0, 0.1) is 0 Å². The molecule has 0 amide bonds. The molecule has 0 aliphatic carbocycles. The minimum atomic E-state index is -1.01. The maximum absolute atomic E-state index is 8.98. The summed E-state index contributed by atoms with van der Waals surface area (Å²) >= 11 is 0. The quantitative estimate of drug-likeness (QED) is 0.525. The first-order valence-corrected chi connectivity index (χ1v) is 3.48. The lowest BCUT2D eigenvalue weighted by molar-refractivity contribution is 0.0250. The van der Waals surface area contributed by atoms with Crippen LogP contribution in [-0.2, 0) is 0 Å². The van der Waals surface area contributed by atoms with E-state index in [0.717, 1.165) is 0 Å². The highest BCUT2D eigenvalue weighted by Gasteiger charge is 1.98. The molecule has 0 saturated carbocycles. The average Bonchev–Trinajstić information content (AvgIpc) is 2.09. The molecule has 2 N–H and O–H groups in total. The van der Waals surface area contributed by atoms with Gasteiger partial charge in [0.2, 0.25) is 6.29 Å². The molecular weight excluding hydrogens is 156 g/mol. The van der Waals surface area contributed by atoms with E-state index >= 15 is 0 Å². The molecule has 0 heterocycles. The molecule has 12 heavy (non-hydrogen) atoms. The Morgan fingerprint density at radius 1 is 1.33 bits per heavy atom. The largest absolute Gasteiger partial charge is 0.508 e. The Balaban J connectivity index is 2.64. The molecular formula is C9H10O3. The van der Waals surface area contributed by atoms with Gasteiger partial charge in [-0.2, -0.15) is 0 Å². The Hall–Kier alpha value is -1.48. The second-order valence-corrected chi connectivity index (χ2v) is 2.24. The molecule has 1 atom stereocenters. The fourth-order valence-electron chi connectivity index (χ4n) is 0.712. The van der Waals surface area contributed by atoms with Crippen molar-refractivity contribution in [2.75, 3.05) is 0 Å². The highest BCUT2D eigenvalue weighted by molar-refractivity contribution is 5.30. The highest BCUT2D eigenvalue weighted by atomic mass is 16.6. The SMILES string of the molecule is C=CC(O)Oc1ccc(O)cc1. The fourth-order valence-corrected chi connectivity index (χ4v) is 0.712. The molecule has 0 spiro atoms. The van der Waals surface area contributed by atoms with Crippen LogP contribution in [-0.4, -0.2) is 16.5 Å². The molecule has 0 bridgehead atoms. The number of aliphatic hydroxyl groups excluding tert-OH is 1. The fraction of sp³-hybridized carbons (Fsp3) is 0.111. The van der Waals surface area contributed by atoms with Crippen molar-refractivity contribution in [2.45, 2.75) is 6.29 Å². The summed E-state index contributed by atoms with van der Waals surface area (Å²) in [5.74, 6) is 0.649. The van der Waals surface area contributed by atoms with E-state index in [1.54, 1.807) is 12.1 Å². The number of aromatic hydroxyl groups is 1. The molecule has 3 heteroatoms. The zero-order chi connectivity index (χ0) is 8.97. The summed E-state index contributed by atoms with van der Waals surface area (Å²) in [7, 11) is 0. The molecule has 0 aliphatic heterocycles. The minimum absolute atomic E-state index is 0.162. The molecule has 64 valence electrons. The smallest absolute Gasteiger partial charge is 0.216 e. The van der Waals surface area contributed by atoms with Crippen LogP contribution in [0.2, 0.25) is 0 Å². The average molecular weight is 166 g/mol. The van der Waals surface area contributed by atoms with Gasteiger partial charge in [-0.1, -0.05) is 6.58 Å². The van der Waals surface area contributed by atoms with Crippen LogP contribution in [0.3, 0.4) is 0 Å². The number of ether oxygens (including phenoxy) is 1. The first-order chi connectivity index (χ1) is 5.72. The van der Waals surface area contributed by atoms with E-state index in [1.807, 2.05) is 0 Å². The van der Waals surface area contributed by atoms with Crippen molar-refractivity contribution in [3.63, 3.8) is 0 Å². The van der Waals surface area contributed by atoms with Crippen LogP contribution in [0.15, 0.2) is 36.9 Å². The molecule has 1 aromatic carbocycles. The van der Waals surface area contributed by atoms with Crippen molar-refractivity contribution in [3.8, 4) is 11.5 Å². The van der Waals surface area contributed by atoms with E-state index in [-0.39, 0.29) is 5.75 Å². The number of aliphatic hydroxyl groups is 1. The van der Waals surface area contributed by atoms with Gasteiger partial charge in [-0.15, -0.1) is 0 Å². The van der Waals surface area contributed by atoms with E-state index in [2.05, 4.69) is 6.58 Å². The Morgan fingerprint density at radius 3 is 2.42 bits per heavy atom. The van der Waals surface area contributed by atoms with Crippen molar-refractivity contribution in [1.29, 1.82) is 0 Å². The van der Waals surface area contributed by atoms with Gasteiger partial charge in [0.15, 0.2) is 0 Å². The number of benzene rings is 1. The first-order valence-electron chi connectivity index (χ1n) is 3.48. The lowest BCUT2D eigenvalue weighted by atomic mass is 10.3. The molecule has 0 fully saturated rings. The van der Waals surface area contributed by atoms with Gasteiger partial charge in [-0.3, -0.25) is 0 Å². The Labute approximate surface area is 70.5 Å². The highest BCUT2D eigenvalue weighted by Crippen LogP contribution is 2.16. The Bertz CT molecular complexity index is 253. The lowest BCUT2D eigenvalue weighted by Gasteiger charge is -2.08. The second-order valence-electron chi connectivity index (χ2n) is 2.24. The number of phenols is 1. The number of phenolic OH excluding ortho intramolecular Hbond substituents is 1. The van der Waals surface area contributed by atoms with Gasteiger partial charge in [0, 0.05) is 0 Å². The summed E-state index contributed by atoms with van der Waals surface area (Å²) < 4.78 is 4.94. The van der Waals surface area contributed by atoms with E-state index in [0.29, 0.717) is 5.75 Å². The van der Waals surface area contributed by atoms with Crippen LogP contribution < -0.4 is 4.74 Å². The monoisotopic (exact) mass is 166 g/mol. The van der Waals surface area contributed by atoms with Gasteiger partial charge < -0.3 is 14.9 Å². The topological polar surface area (TPSA) is 49.7 Å². The molecule has 1 aromatic rings. The summed E-state index contributed by atoms with van der Waals surface area (Å²) in [6.07, 6.45) is 0.266. The van der Waals surface area contributed by atoms with Crippen LogP contribution in [0.4, 0.5) is 0 Å². The molecule has 3 nitrogen and oxygen atoms in total. The van der Waals surface area contributed by atoms with Gasteiger partial charge in [-0.05, 0) is 30.3 Å². The Kier molecular flexibility index (Phi) is 2.71. The molecule has 1 unspecified atom stereocenters. The first kappa shape index (κ1) is 8.62. The van der Waals surface area contributed by atoms with Crippen LogP contribution in [0.5, 0.6) is 11.5 Å². The summed E-state index contributed by atoms with van der Waals surface area (Å²) in [4.78, 5) is 0. The lowest BCUT2D eigenvalue weighted by Crippen LogP contribution is -2.10. The minimum Gasteiger partial charge on any atom is -0.508 e. The summed E-state index contributed by atoms with van der Waals surface area (Å²) in [5, 5.41) is 17.9. The molecule has 1 rings (SSSR count). The van der Waals surface area contributed by atoms with Crippen molar-refractivity contribution >= 4 is 0 Å². The molecule has 0 saturated heterocycles. The van der Waals surface area contributed by atoms with Gasteiger partial charge in [0.05, 0.1) is 0 Å². The van der Waals surface area contributed by atoms with E-state index in [4.69, 9.17) is 14.9 Å². The Morgan fingerprint density at radius 2 is 1.92 bits per heavy atom. The van der Waals surface area contributed by atoms with Crippen LogP contribution >= 0.6 is 0 Å². The third-order valence-corrected chi connectivity index (χ3v) is 1.30. The molecule has 0 aromatic heterocycles. The third-order valence-electron chi connectivity index (χ3n) is 1.30. The zero-order valence-corrected chi connectivity index (χ0v) is 6.47. The summed E-state index contributed by atoms with van der Waals surface area (Å²) in [6.45, 7) is 3.35. The summed E-state index contributed by atoms with van der Waals surface area (Å²) in [6, 6.07) is 6.07. The van der Waals surface area contributed by atoms with Crippen LogP contribution in [0.1, 0.15) is 0 Å². The maximum atomic E-state index is 8.98.